The number of esters is 1. The zero-order valence-corrected chi connectivity index (χ0v) is 14.4. The molecule has 0 saturated heterocycles. The number of carbonyl (C=O) groups excluding carboxylic acids is 1. The molecule has 116 valence electrons. The summed E-state index contributed by atoms with van der Waals surface area (Å²) in [6, 6.07) is 0. The quantitative estimate of drug-likeness (QED) is 0.747. The van der Waals surface area contributed by atoms with E-state index in [1.165, 1.54) is 6.20 Å². The van der Waals surface area contributed by atoms with Crippen molar-refractivity contribution >= 4 is 33.5 Å². The van der Waals surface area contributed by atoms with Crippen molar-refractivity contribution in [2.24, 2.45) is 5.92 Å². The molecule has 0 aliphatic heterocycles. The largest absolute Gasteiger partial charge is 0.472 e. The lowest BCUT2D eigenvalue weighted by Crippen LogP contribution is -2.32. The fourth-order valence-electron chi connectivity index (χ4n) is 2.37. The van der Waals surface area contributed by atoms with E-state index in [1.54, 1.807) is 0 Å². The van der Waals surface area contributed by atoms with Gasteiger partial charge in [0.25, 0.3) is 5.88 Å². The van der Waals surface area contributed by atoms with Crippen LogP contribution in [0.1, 0.15) is 39.5 Å². The van der Waals surface area contributed by atoms with Crippen LogP contribution in [-0.2, 0) is 9.53 Å². The predicted molar refractivity (Wildman–Crippen MR) is 82.3 cm³/mol. The van der Waals surface area contributed by atoms with Gasteiger partial charge < -0.3 is 9.47 Å². The Morgan fingerprint density at radius 1 is 1.48 bits per heavy atom. The molecule has 1 aliphatic carbocycles. The molecule has 1 aromatic rings. The van der Waals surface area contributed by atoms with E-state index in [0.717, 1.165) is 19.3 Å². The average molecular weight is 378 g/mol. The smallest absolute Gasteiger partial charge is 0.309 e. The highest BCUT2D eigenvalue weighted by Crippen LogP contribution is 2.30. The van der Waals surface area contributed by atoms with Gasteiger partial charge in [-0.15, -0.1) is 0 Å². The average Bonchev–Trinajstić information content (AvgIpc) is 2.41. The van der Waals surface area contributed by atoms with E-state index in [-0.39, 0.29) is 29.2 Å². The van der Waals surface area contributed by atoms with Crippen LogP contribution >= 0.6 is 27.5 Å². The number of halogens is 2. The van der Waals surface area contributed by atoms with Crippen LogP contribution in [0.2, 0.25) is 5.15 Å². The Hall–Kier alpha value is -0.880. The summed E-state index contributed by atoms with van der Waals surface area (Å²) in [6.45, 7) is 3.71. The molecular formula is C14H18BrClN2O3. The van der Waals surface area contributed by atoms with Gasteiger partial charge in [0.15, 0.2) is 5.15 Å². The van der Waals surface area contributed by atoms with Crippen LogP contribution in [0.4, 0.5) is 0 Å². The second-order valence-corrected chi connectivity index (χ2v) is 6.55. The molecule has 0 aromatic carbocycles. The van der Waals surface area contributed by atoms with Gasteiger partial charge in [-0.1, -0.05) is 11.6 Å². The molecule has 5 nitrogen and oxygen atoms in total. The fourth-order valence-corrected chi connectivity index (χ4v) is 2.93. The first-order valence-electron chi connectivity index (χ1n) is 7.01. The Kier molecular flexibility index (Phi) is 5.81. The molecule has 0 N–H and O–H groups in total. The van der Waals surface area contributed by atoms with Gasteiger partial charge in [0.2, 0.25) is 0 Å². The normalized spacial score (nSPS) is 22.1. The zero-order valence-electron chi connectivity index (χ0n) is 12.0. The minimum Gasteiger partial charge on any atom is -0.472 e. The highest BCUT2D eigenvalue weighted by molar-refractivity contribution is 9.10. The minimum absolute atomic E-state index is 0.0866. The zero-order chi connectivity index (χ0) is 15.4. The van der Waals surface area contributed by atoms with Gasteiger partial charge >= 0.3 is 5.97 Å². The van der Waals surface area contributed by atoms with Crippen molar-refractivity contribution in [2.45, 2.75) is 51.7 Å². The number of ether oxygens (including phenoxy) is 2. The van der Waals surface area contributed by atoms with Crippen molar-refractivity contribution in [1.29, 1.82) is 0 Å². The van der Waals surface area contributed by atoms with Gasteiger partial charge in [0.1, 0.15) is 10.7 Å². The van der Waals surface area contributed by atoms with Crippen molar-refractivity contribution in [3.63, 3.8) is 0 Å². The monoisotopic (exact) mass is 376 g/mol. The molecule has 0 amide bonds. The lowest BCUT2D eigenvalue weighted by molar-refractivity contribution is -0.154. The van der Waals surface area contributed by atoms with E-state index in [2.05, 4.69) is 25.9 Å². The molecule has 1 aromatic heterocycles. The number of aromatic nitrogens is 2. The molecular weight excluding hydrogens is 360 g/mol. The van der Waals surface area contributed by atoms with E-state index in [4.69, 9.17) is 21.1 Å². The van der Waals surface area contributed by atoms with Gasteiger partial charge in [0.05, 0.1) is 18.2 Å². The maximum Gasteiger partial charge on any atom is 0.309 e. The second-order valence-electron chi connectivity index (χ2n) is 5.38. The summed E-state index contributed by atoms with van der Waals surface area (Å²) < 4.78 is 11.6. The summed E-state index contributed by atoms with van der Waals surface area (Å²) >= 11 is 9.19. The number of carbonyl (C=O) groups is 1. The molecule has 0 bridgehead atoms. The predicted octanol–water partition coefficient (Wildman–Crippen LogP) is 3.78. The summed E-state index contributed by atoms with van der Waals surface area (Å²) in [5.41, 5.74) is 0. The molecule has 2 rings (SSSR count). The van der Waals surface area contributed by atoms with Gasteiger partial charge in [-0.25, -0.2) is 9.97 Å². The molecule has 1 heterocycles. The van der Waals surface area contributed by atoms with Crippen LogP contribution in [0, 0.1) is 5.92 Å². The topological polar surface area (TPSA) is 61.3 Å². The van der Waals surface area contributed by atoms with Gasteiger partial charge in [0, 0.05) is 0 Å². The lowest BCUT2D eigenvalue weighted by atomic mass is 9.87. The third-order valence-corrected chi connectivity index (χ3v) is 3.89. The molecule has 2 atom stereocenters. The molecule has 1 aliphatic rings. The number of rotatable bonds is 4. The third-order valence-electron chi connectivity index (χ3n) is 3.26. The number of hydrogen-bond donors (Lipinski definition) is 0. The van der Waals surface area contributed by atoms with E-state index >= 15 is 0 Å². The van der Waals surface area contributed by atoms with Crippen LogP contribution in [0.3, 0.4) is 0 Å². The SMILES string of the molecule is CC(C)OC(=O)[C@H]1CCC[C@H](Oc2ncc(Br)nc2Cl)C1. The summed E-state index contributed by atoms with van der Waals surface area (Å²) in [6.07, 6.45) is 4.62. The molecule has 0 radical (unpaired) electrons. The molecule has 0 unspecified atom stereocenters. The first kappa shape index (κ1) is 16.5. The summed E-state index contributed by atoms with van der Waals surface area (Å²) in [4.78, 5) is 20.1. The van der Waals surface area contributed by atoms with Crippen molar-refractivity contribution < 1.29 is 14.3 Å². The van der Waals surface area contributed by atoms with E-state index < -0.39 is 0 Å². The molecule has 1 fully saturated rings. The van der Waals surface area contributed by atoms with Gasteiger partial charge in [-0.2, -0.15) is 0 Å². The molecule has 0 spiro atoms. The van der Waals surface area contributed by atoms with Crippen LogP contribution in [0.25, 0.3) is 0 Å². The summed E-state index contributed by atoms with van der Waals surface area (Å²) in [5, 5.41) is 0.219. The Morgan fingerprint density at radius 3 is 2.90 bits per heavy atom. The van der Waals surface area contributed by atoms with Crippen LogP contribution in [-0.4, -0.2) is 28.1 Å². The van der Waals surface area contributed by atoms with Gasteiger partial charge in [-0.05, 0) is 55.5 Å². The second kappa shape index (κ2) is 7.40. The number of hydrogen-bond acceptors (Lipinski definition) is 5. The Labute approximate surface area is 137 Å². The first-order valence-corrected chi connectivity index (χ1v) is 8.18. The van der Waals surface area contributed by atoms with Crippen molar-refractivity contribution in [3.8, 4) is 5.88 Å². The summed E-state index contributed by atoms with van der Waals surface area (Å²) in [5.74, 6) is 0.0439. The Morgan fingerprint density at radius 2 is 2.24 bits per heavy atom. The van der Waals surface area contributed by atoms with Crippen LogP contribution in [0.15, 0.2) is 10.8 Å². The standard InChI is InChI=1S/C14H18BrClN2O3/c1-8(2)20-14(19)9-4-3-5-10(6-9)21-13-12(16)18-11(15)7-17-13/h7-10H,3-6H2,1-2H3/t9-,10-/m0/s1. The highest BCUT2D eigenvalue weighted by atomic mass is 79.9. The first-order chi connectivity index (χ1) is 9.95. The number of nitrogens with zero attached hydrogens (tertiary/aromatic N) is 2. The lowest BCUT2D eigenvalue weighted by Gasteiger charge is -2.28. The molecule has 21 heavy (non-hydrogen) atoms. The van der Waals surface area contributed by atoms with Crippen molar-refractivity contribution in [1.82, 2.24) is 9.97 Å². The van der Waals surface area contributed by atoms with Crippen LogP contribution < -0.4 is 4.74 Å². The molecule has 7 heteroatoms. The van der Waals surface area contributed by atoms with Gasteiger partial charge in [-0.3, -0.25) is 4.79 Å². The van der Waals surface area contributed by atoms with Crippen LogP contribution in [0.5, 0.6) is 5.88 Å². The highest BCUT2D eigenvalue weighted by Gasteiger charge is 2.30. The van der Waals surface area contributed by atoms with E-state index in [9.17, 15) is 4.79 Å². The maximum absolute atomic E-state index is 12.0. The minimum atomic E-state index is -0.147. The Bertz CT molecular complexity index is 513. The van der Waals surface area contributed by atoms with E-state index in [1.807, 2.05) is 13.8 Å². The fraction of sp³-hybridized carbons (Fsp3) is 0.643. The third kappa shape index (κ3) is 4.81. The van der Waals surface area contributed by atoms with E-state index in [0.29, 0.717) is 16.9 Å². The maximum atomic E-state index is 12.0. The Balaban J connectivity index is 1.96. The van der Waals surface area contributed by atoms with Crippen molar-refractivity contribution in [3.05, 3.63) is 16.0 Å². The molecule has 1 saturated carbocycles. The van der Waals surface area contributed by atoms with Crippen molar-refractivity contribution in [2.75, 3.05) is 0 Å². The summed E-state index contributed by atoms with van der Waals surface area (Å²) in [7, 11) is 0.